The maximum Gasteiger partial charge on any atom is -0.0193 e. The van der Waals surface area contributed by atoms with E-state index in [1.165, 1.54) is 22.3 Å². The monoisotopic (exact) mass is 218 g/mol. The van der Waals surface area contributed by atoms with E-state index in [2.05, 4.69) is 51.0 Å². The molecule has 0 aliphatic heterocycles. The smallest absolute Gasteiger partial charge is 0.0193 e. The highest BCUT2D eigenvalue weighted by molar-refractivity contribution is 8.05. The van der Waals surface area contributed by atoms with E-state index in [-0.39, 0.29) is 0 Å². The van der Waals surface area contributed by atoms with Gasteiger partial charge in [0.25, 0.3) is 0 Å². The van der Waals surface area contributed by atoms with Crippen LogP contribution in [0.1, 0.15) is 30.5 Å². The molecule has 0 aromatic heterocycles. The number of allylic oxidation sites excluding steroid dienone is 2. The van der Waals surface area contributed by atoms with Gasteiger partial charge in [0, 0.05) is 0 Å². The van der Waals surface area contributed by atoms with E-state index in [4.69, 9.17) is 0 Å². The molecule has 0 amide bonds. The highest BCUT2D eigenvalue weighted by atomic mass is 32.2. The number of aryl methyl sites for hydroxylation is 2. The zero-order valence-corrected chi connectivity index (χ0v) is 10.7. The molecule has 0 nitrogen and oxygen atoms in total. The minimum Gasteiger partial charge on any atom is -0.103 e. The van der Waals surface area contributed by atoms with Gasteiger partial charge in [-0.25, -0.2) is 0 Å². The quantitative estimate of drug-likeness (QED) is 0.693. The largest absolute Gasteiger partial charge is 0.103 e. The first kappa shape index (κ1) is 12.1. The van der Waals surface area contributed by atoms with Crippen molar-refractivity contribution < 1.29 is 0 Å². The number of hydrogen-bond acceptors (Lipinski definition) is 1. The van der Waals surface area contributed by atoms with Crippen LogP contribution in [0.15, 0.2) is 35.1 Å². The molecule has 1 rings (SSSR count). The van der Waals surface area contributed by atoms with Crippen molar-refractivity contribution in [3.05, 3.63) is 51.8 Å². The minimum atomic E-state index is 1.12. The van der Waals surface area contributed by atoms with Crippen molar-refractivity contribution in [2.24, 2.45) is 0 Å². The second-order valence-electron chi connectivity index (χ2n) is 3.94. The first-order valence-corrected chi connectivity index (χ1v) is 5.95. The van der Waals surface area contributed by atoms with Crippen molar-refractivity contribution in [3.63, 3.8) is 0 Å². The van der Waals surface area contributed by atoms with Crippen molar-refractivity contribution in [3.8, 4) is 0 Å². The first-order valence-electron chi connectivity index (χ1n) is 5.07. The molecule has 15 heavy (non-hydrogen) atoms. The summed E-state index contributed by atoms with van der Waals surface area (Å²) in [7, 11) is 0. The topological polar surface area (TPSA) is 0 Å². The third-order valence-corrected chi connectivity index (χ3v) is 3.12. The second kappa shape index (κ2) is 5.22. The SMILES string of the molecule is C=C(C)S/C=C(\C)c1ccc(C)cc1C. The lowest BCUT2D eigenvalue weighted by Gasteiger charge is -2.07. The van der Waals surface area contributed by atoms with Gasteiger partial charge < -0.3 is 0 Å². The summed E-state index contributed by atoms with van der Waals surface area (Å²) in [5.74, 6) is 0. The van der Waals surface area contributed by atoms with Gasteiger partial charge >= 0.3 is 0 Å². The predicted molar refractivity (Wildman–Crippen MR) is 72.0 cm³/mol. The summed E-state index contributed by atoms with van der Waals surface area (Å²) in [4.78, 5) is 1.12. The maximum absolute atomic E-state index is 3.88. The molecule has 0 radical (unpaired) electrons. The molecule has 1 aromatic rings. The van der Waals surface area contributed by atoms with Crippen LogP contribution in [0.4, 0.5) is 0 Å². The minimum absolute atomic E-state index is 1.12. The lowest BCUT2D eigenvalue weighted by atomic mass is 10.0. The second-order valence-corrected chi connectivity index (χ2v) is 5.11. The standard InChI is InChI=1S/C14H18S/c1-10(2)15-9-13(5)14-7-6-11(3)8-12(14)4/h6-9H,1H2,2-5H3/b13-9+. The Balaban J connectivity index is 2.95. The summed E-state index contributed by atoms with van der Waals surface area (Å²) < 4.78 is 0. The summed E-state index contributed by atoms with van der Waals surface area (Å²) in [6.45, 7) is 12.3. The average Bonchev–Trinajstić information content (AvgIpc) is 2.14. The van der Waals surface area contributed by atoms with E-state index < -0.39 is 0 Å². The average molecular weight is 218 g/mol. The van der Waals surface area contributed by atoms with Crippen molar-refractivity contribution in [1.82, 2.24) is 0 Å². The molecule has 0 saturated heterocycles. The third-order valence-electron chi connectivity index (χ3n) is 2.24. The number of rotatable bonds is 3. The zero-order chi connectivity index (χ0) is 11.4. The summed E-state index contributed by atoms with van der Waals surface area (Å²) in [5.41, 5.74) is 5.29. The molecule has 0 unspecified atom stereocenters. The fraction of sp³-hybridized carbons (Fsp3) is 0.286. The normalized spacial score (nSPS) is 11.6. The molecule has 0 N–H and O–H groups in total. The van der Waals surface area contributed by atoms with Crippen molar-refractivity contribution in [2.45, 2.75) is 27.7 Å². The van der Waals surface area contributed by atoms with E-state index in [9.17, 15) is 0 Å². The van der Waals surface area contributed by atoms with E-state index >= 15 is 0 Å². The van der Waals surface area contributed by atoms with Crippen molar-refractivity contribution in [1.29, 1.82) is 0 Å². The summed E-state index contributed by atoms with van der Waals surface area (Å²) in [5, 5.41) is 2.17. The van der Waals surface area contributed by atoms with E-state index in [1.54, 1.807) is 11.8 Å². The molecule has 0 atom stereocenters. The molecule has 0 aliphatic rings. The van der Waals surface area contributed by atoms with Gasteiger partial charge in [0.2, 0.25) is 0 Å². The lowest BCUT2D eigenvalue weighted by Crippen LogP contribution is -1.86. The highest BCUT2D eigenvalue weighted by Crippen LogP contribution is 2.24. The van der Waals surface area contributed by atoms with Crippen LogP contribution in [0.2, 0.25) is 0 Å². The highest BCUT2D eigenvalue weighted by Gasteiger charge is 2.00. The van der Waals surface area contributed by atoms with Gasteiger partial charge in [-0.3, -0.25) is 0 Å². The first-order chi connectivity index (χ1) is 7.00. The molecule has 0 saturated carbocycles. The Bertz CT molecular complexity index is 400. The molecule has 1 aromatic carbocycles. The Kier molecular flexibility index (Phi) is 4.22. The molecule has 0 bridgehead atoms. The molecule has 0 spiro atoms. The van der Waals surface area contributed by atoms with Crippen LogP contribution in [0.3, 0.4) is 0 Å². The predicted octanol–water partition coefficient (Wildman–Crippen LogP) is 4.93. The third kappa shape index (κ3) is 3.60. The molecule has 1 heteroatoms. The fourth-order valence-corrected chi connectivity index (χ4v) is 2.01. The Morgan fingerprint density at radius 1 is 1.27 bits per heavy atom. The van der Waals surface area contributed by atoms with Crippen LogP contribution in [0.5, 0.6) is 0 Å². The Hall–Kier alpha value is -0.950. The van der Waals surface area contributed by atoms with Crippen molar-refractivity contribution in [2.75, 3.05) is 0 Å². The van der Waals surface area contributed by atoms with Crippen LogP contribution in [0, 0.1) is 13.8 Å². The van der Waals surface area contributed by atoms with Gasteiger partial charge in [-0.15, -0.1) is 11.8 Å². The molecular weight excluding hydrogens is 200 g/mol. The molecule has 0 aliphatic carbocycles. The summed E-state index contributed by atoms with van der Waals surface area (Å²) in [6, 6.07) is 6.57. The van der Waals surface area contributed by atoms with Crippen LogP contribution < -0.4 is 0 Å². The van der Waals surface area contributed by atoms with Crippen LogP contribution in [0.25, 0.3) is 5.57 Å². The Labute approximate surface area is 97.1 Å². The van der Waals surface area contributed by atoms with Gasteiger partial charge in [-0.05, 0) is 54.7 Å². The van der Waals surface area contributed by atoms with Gasteiger partial charge in [-0.2, -0.15) is 0 Å². The summed E-state index contributed by atoms with van der Waals surface area (Å²) in [6.07, 6.45) is 0. The van der Waals surface area contributed by atoms with Crippen LogP contribution in [-0.2, 0) is 0 Å². The molecule has 80 valence electrons. The Morgan fingerprint density at radius 2 is 1.93 bits per heavy atom. The maximum atomic E-state index is 3.88. The van der Waals surface area contributed by atoms with Crippen molar-refractivity contribution >= 4 is 17.3 Å². The molecular formula is C14H18S. The fourth-order valence-electron chi connectivity index (χ4n) is 1.51. The molecule has 0 heterocycles. The van der Waals surface area contributed by atoms with Gasteiger partial charge in [-0.1, -0.05) is 30.3 Å². The number of thioether (sulfide) groups is 1. The summed E-state index contributed by atoms with van der Waals surface area (Å²) >= 11 is 1.69. The van der Waals surface area contributed by atoms with Gasteiger partial charge in [0.1, 0.15) is 0 Å². The van der Waals surface area contributed by atoms with E-state index in [1.807, 2.05) is 6.92 Å². The zero-order valence-electron chi connectivity index (χ0n) is 9.92. The number of hydrogen-bond donors (Lipinski definition) is 0. The van der Waals surface area contributed by atoms with Crippen LogP contribution >= 0.6 is 11.8 Å². The number of benzene rings is 1. The van der Waals surface area contributed by atoms with E-state index in [0.717, 1.165) is 4.91 Å². The van der Waals surface area contributed by atoms with Crippen LogP contribution in [-0.4, -0.2) is 0 Å². The van der Waals surface area contributed by atoms with Gasteiger partial charge in [0.15, 0.2) is 0 Å². The van der Waals surface area contributed by atoms with E-state index in [0.29, 0.717) is 0 Å². The Morgan fingerprint density at radius 3 is 2.47 bits per heavy atom. The lowest BCUT2D eigenvalue weighted by molar-refractivity contribution is 1.35. The van der Waals surface area contributed by atoms with Gasteiger partial charge in [0.05, 0.1) is 0 Å². The molecule has 0 fully saturated rings.